The fourth-order valence-electron chi connectivity index (χ4n) is 2.89. The van der Waals surface area contributed by atoms with Crippen molar-refractivity contribution in [1.29, 1.82) is 0 Å². The lowest BCUT2D eigenvalue weighted by molar-refractivity contribution is 0.0956. The number of rotatable bonds is 4. The molecule has 0 aromatic carbocycles. The summed E-state index contributed by atoms with van der Waals surface area (Å²) >= 11 is 0. The van der Waals surface area contributed by atoms with Gasteiger partial charge in [0.25, 0.3) is 11.5 Å². The third kappa shape index (κ3) is 2.96. The van der Waals surface area contributed by atoms with E-state index in [4.69, 9.17) is 4.74 Å². The average Bonchev–Trinajstić information content (AvgIpc) is 3.31. The molecule has 0 bridgehead atoms. The maximum atomic E-state index is 12.3. The van der Waals surface area contributed by atoms with Crippen molar-refractivity contribution in [1.82, 2.24) is 9.88 Å². The monoisotopic (exact) mass is 290 g/mol. The highest BCUT2D eigenvalue weighted by Crippen LogP contribution is 2.31. The van der Waals surface area contributed by atoms with Gasteiger partial charge in [-0.3, -0.25) is 9.59 Å². The number of aromatic nitrogens is 1. The minimum Gasteiger partial charge on any atom is -0.492 e. The van der Waals surface area contributed by atoms with Crippen LogP contribution in [0.4, 0.5) is 0 Å². The van der Waals surface area contributed by atoms with Gasteiger partial charge in [0.05, 0.1) is 6.61 Å². The molecule has 0 unspecified atom stereocenters. The fraction of sp³-hybridized carbons (Fsp3) is 0.625. The molecule has 21 heavy (non-hydrogen) atoms. The van der Waals surface area contributed by atoms with Gasteiger partial charge >= 0.3 is 0 Å². The smallest absolute Gasteiger partial charge is 0.256 e. The molecule has 2 heterocycles. The van der Waals surface area contributed by atoms with E-state index < -0.39 is 0 Å². The second-order valence-electron chi connectivity index (χ2n) is 5.96. The van der Waals surface area contributed by atoms with Gasteiger partial charge in [0, 0.05) is 25.4 Å². The lowest BCUT2D eigenvalue weighted by atomic mass is 10.1. The standard InChI is InChI=1S/C16H22N2O3/c1-17-16(20)15-12-5-3-2-4-8-18(12)14(19)9-13(15)21-10-11-6-7-11/h9,11H,2-8,10H2,1H3,(H,17,20). The number of hydrogen-bond acceptors (Lipinski definition) is 3. The minimum atomic E-state index is -0.161. The van der Waals surface area contributed by atoms with Crippen molar-refractivity contribution in [3.05, 3.63) is 27.7 Å². The molecule has 0 atom stereocenters. The Morgan fingerprint density at radius 2 is 2.19 bits per heavy atom. The number of ether oxygens (including phenoxy) is 1. The van der Waals surface area contributed by atoms with Gasteiger partial charge in [0.2, 0.25) is 0 Å². The maximum Gasteiger partial charge on any atom is 0.256 e. The summed E-state index contributed by atoms with van der Waals surface area (Å²) in [5, 5.41) is 2.68. The molecule has 1 fully saturated rings. The summed E-state index contributed by atoms with van der Waals surface area (Å²) in [5.41, 5.74) is 1.34. The lowest BCUT2D eigenvalue weighted by Gasteiger charge is -2.18. The lowest BCUT2D eigenvalue weighted by Crippen LogP contribution is -2.29. The topological polar surface area (TPSA) is 60.3 Å². The largest absolute Gasteiger partial charge is 0.492 e. The van der Waals surface area contributed by atoms with Crippen LogP contribution in [0.15, 0.2) is 10.9 Å². The van der Waals surface area contributed by atoms with E-state index in [1.54, 1.807) is 11.6 Å². The number of amides is 1. The van der Waals surface area contributed by atoms with Gasteiger partial charge in [-0.05, 0) is 38.0 Å². The Hall–Kier alpha value is -1.78. The van der Waals surface area contributed by atoms with Crippen LogP contribution in [-0.4, -0.2) is 24.1 Å². The zero-order valence-electron chi connectivity index (χ0n) is 12.5. The summed E-state index contributed by atoms with van der Waals surface area (Å²) in [6.07, 6.45) is 6.21. The first-order valence-electron chi connectivity index (χ1n) is 7.82. The highest BCUT2D eigenvalue weighted by Gasteiger charge is 2.26. The molecule has 5 nitrogen and oxygen atoms in total. The number of pyridine rings is 1. The van der Waals surface area contributed by atoms with Crippen molar-refractivity contribution in [2.24, 2.45) is 5.92 Å². The molecule has 0 radical (unpaired) electrons. The molecular weight excluding hydrogens is 268 g/mol. The molecule has 1 aliphatic carbocycles. The zero-order chi connectivity index (χ0) is 14.8. The summed E-state index contributed by atoms with van der Waals surface area (Å²) in [5.74, 6) is 0.884. The molecule has 1 N–H and O–H groups in total. The van der Waals surface area contributed by atoms with E-state index in [1.165, 1.54) is 18.9 Å². The molecule has 2 aliphatic rings. The molecule has 1 aromatic rings. The SMILES string of the molecule is CNC(=O)c1c(OCC2CC2)cc(=O)n2c1CCCCC2. The average molecular weight is 290 g/mol. The summed E-state index contributed by atoms with van der Waals surface area (Å²) < 4.78 is 7.55. The zero-order valence-corrected chi connectivity index (χ0v) is 12.5. The summed E-state index contributed by atoms with van der Waals surface area (Å²) in [6.45, 7) is 1.30. The van der Waals surface area contributed by atoms with Gasteiger partial charge in [0.15, 0.2) is 0 Å². The highest BCUT2D eigenvalue weighted by molar-refractivity contribution is 5.97. The van der Waals surface area contributed by atoms with E-state index in [0.717, 1.165) is 31.4 Å². The molecule has 0 spiro atoms. The van der Waals surface area contributed by atoms with Crippen LogP contribution in [0, 0.1) is 5.92 Å². The van der Waals surface area contributed by atoms with Crippen LogP contribution in [0.2, 0.25) is 0 Å². The van der Waals surface area contributed by atoms with Gasteiger partial charge in [-0.2, -0.15) is 0 Å². The van der Waals surface area contributed by atoms with Gasteiger partial charge in [-0.25, -0.2) is 0 Å². The number of fused-ring (bicyclic) bond motifs is 1. The van der Waals surface area contributed by atoms with Crippen LogP contribution in [0.25, 0.3) is 0 Å². The Kier molecular flexibility index (Phi) is 3.99. The number of carbonyl (C=O) groups is 1. The van der Waals surface area contributed by atoms with E-state index in [0.29, 0.717) is 30.4 Å². The second-order valence-corrected chi connectivity index (χ2v) is 5.96. The van der Waals surface area contributed by atoms with Gasteiger partial charge in [-0.15, -0.1) is 0 Å². The maximum absolute atomic E-state index is 12.3. The third-order valence-corrected chi connectivity index (χ3v) is 4.30. The molecule has 1 amide bonds. The molecular formula is C16H22N2O3. The molecule has 3 rings (SSSR count). The van der Waals surface area contributed by atoms with Crippen molar-refractivity contribution in [3.8, 4) is 5.75 Å². The molecule has 1 aromatic heterocycles. The van der Waals surface area contributed by atoms with E-state index in [1.807, 2.05) is 0 Å². The third-order valence-electron chi connectivity index (χ3n) is 4.30. The van der Waals surface area contributed by atoms with Crippen LogP contribution in [0.1, 0.15) is 48.2 Å². The number of carbonyl (C=O) groups excluding carboxylic acids is 1. The van der Waals surface area contributed by atoms with Crippen LogP contribution < -0.4 is 15.6 Å². The fourth-order valence-corrected chi connectivity index (χ4v) is 2.89. The molecule has 1 aliphatic heterocycles. The van der Waals surface area contributed by atoms with Crippen LogP contribution in [-0.2, 0) is 13.0 Å². The number of nitrogens with one attached hydrogen (secondary N) is 1. The van der Waals surface area contributed by atoms with E-state index in [2.05, 4.69) is 5.32 Å². The van der Waals surface area contributed by atoms with Gasteiger partial charge in [-0.1, -0.05) is 6.42 Å². The van der Waals surface area contributed by atoms with E-state index in [-0.39, 0.29) is 11.5 Å². The summed E-state index contributed by atoms with van der Waals surface area (Å²) in [4.78, 5) is 24.6. The molecule has 1 saturated carbocycles. The predicted molar refractivity (Wildman–Crippen MR) is 79.9 cm³/mol. The Balaban J connectivity index is 2.04. The van der Waals surface area contributed by atoms with Crippen molar-refractivity contribution in [2.75, 3.05) is 13.7 Å². The number of nitrogens with zero attached hydrogens (tertiary/aromatic N) is 1. The first kappa shape index (κ1) is 14.2. The first-order valence-corrected chi connectivity index (χ1v) is 7.82. The minimum absolute atomic E-state index is 0.0506. The van der Waals surface area contributed by atoms with Crippen LogP contribution in [0.3, 0.4) is 0 Å². The normalized spacial score (nSPS) is 17.8. The first-order chi connectivity index (χ1) is 10.2. The second kappa shape index (κ2) is 5.92. The summed E-state index contributed by atoms with van der Waals surface area (Å²) in [6, 6.07) is 1.49. The van der Waals surface area contributed by atoms with Gasteiger partial charge in [0.1, 0.15) is 11.3 Å². The molecule has 114 valence electrons. The van der Waals surface area contributed by atoms with Crippen molar-refractivity contribution >= 4 is 5.91 Å². The number of hydrogen-bond donors (Lipinski definition) is 1. The highest BCUT2D eigenvalue weighted by atomic mass is 16.5. The Morgan fingerprint density at radius 1 is 1.38 bits per heavy atom. The van der Waals surface area contributed by atoms with E-state index >= 15 is 0 Å². The van der Waals surface area contributed by atoms with Crippen molar-refractivity contribution < 1.29 is 9.53 Å². The van der Waals surface area contributed by atoms with Gasteiger partial charge < -0.3 is 14.6 Å². The van der Waals surface area contributed by atoms with Crippen LogP contribution >= 0.6 is 0 Å². The molecule has 0 saturated heterocycles. The Bertz CT molecular complexity index is 602. The quantitative estimate of drug-likeness (QED) is 0.918. The summed E-state index contributed by atoms with van der Waals surface area (Å²) in [7, 11) is 1.62. The molecule has 5 heteroatoms. The Labute approximate surface area is 124 Å². The van der Waals surface area contributed by atoms with Crippen molar-refractivity contribution in [2.45, 2.75) is 45.1 Å². The van der Waals surface area contributed by atoms with Crippen LogP contribution in [0.5, 0.6) is 5.75 Å². The van der Waals surface area contributed by atoms with E-state index in [9.17, 15) is 9.59 Å². The van der Waals surface area contributed by atoms with Crippen molar-refractivity contribution in [3.63, 3.8) is 0 Å². The predicted octanol–water partition coefficient (Wildman–Crippen LogP) is 1.72. The Morgan fingerprint density at radius 3 is 2.90 bits per heavy atom.